The zero-order valence-corrected chi connectivity index (χ0v) is 22.4. The lowest BCUT2D eigenvalue weighted by atomic mass is 9.44. The lowest BCUT2D eigenvalue weighted by Crippen LogP contribution is -2.57. The Morgan fingerprint density at radius 1 is 0.971 bits per heavy atom. The lowest BCUT2D eigenvalue weighted by Gasteiger charge is -2.60. The molecule has 0 aromatic heterocycles. The first-order chi connectivity index (χ1) is 16.1. The third-order valence-corrected chi connectivity index (χ3v) is 11.7. The van der Waals surface area contributed by atoms with Crippen molar-refractivity contribution in [3.05, 3.63) is 34.3 Å². The Hall–Kier alpha value is -0.750. The predicted molar refractivity (Wildman–Crippen MR) is 136 cm³/mol. The summed E-state index contributed by atoms with van der Waals surface area (Å²) in [6, 6.07) is 7.56. The number of ketones is 1. The molecule has 0 heterocycles. The summed E-state index contributed by atoms with van der Waals surface area (Å²) < 4.78 is 0.958. The monoisotopic (exact) mass is 532 g/mol. The van der Waals surface area contributed by atoms with E-state index in [0.29, 0.717) is 42.3 Å². The average Bonchev–Trinajstić information content (AvgIpc) is 3.17. The minimum atomic E-state index is -0.897. The first-order valence-corrected chi connectivity index (χ1v) is 14.2. The predicted octanol–water partition coefficient (Wildman–Crippen LogP) is 5.68. The SMILES string of the molecule is C[C@H]([C@@H](O)[C@H](O)c1ccc(Br)cc1)[C@H]1CC[C@H]2[C@@H]3CC(=O)[C@H]4C[C@H](O)CC[C@]4(C)[C@H]3CC[C@]12C. The average molecular weight is 534 g/mol. The summed E-state index contributed by atoms with van der Waals surface area (Å²) in [7, 11) is 0. The molecule has 4 saturated carbocycles. The molecule has 4 nitrogen and oxygen atoms in total. The van der Waals surface area contributed by atoms with Crippen molar-refractivity contribution in [3.63, 3.8) is 0 Å². The molecule has 0 aliphatic heterocycles. The van der Waals surface area contributed by atoms with Gasteiger partial charge in [0, 0.05) is 16.8 Å². The fourth-order valence-corrected chi connectivity index (χ4v) is 9.57. The van der Waals surface area contributed by atoms with Crippen LogP contribution >= 0.6 is 15.9 Å². The van der Waals surface area contributed by atoms with Gasteiger partial charge in [-0.2, -0.15) is 0 Å². The summed E-state index contributed by atoms with van der Waals surface area (Å²) in [6.07, 6.45) is 5.54. The molecule has 0 saturated heterocycles. The molecule has 11 atom stereocenters. The first kappa shape index (κ1) is 24.9. The minimum Gasteiger partial charge on any atom is -0.393 e. The number of rotatable bonds is 4. The molecule has 0 bridgehead atoms. The smallest absolute Gasteiger partial charge is 0.136 e. The van der Waals surface area contributed by atoms with Crippen molar-refractivity contribution in [1.82, 2.24) is 0 Å². The van der Waals surface area contributed by atoms with E-state index in [9.17, 15) is 20.1 Å². The molecule has 0 spiro atoms. The van der Waals surface area contributed by atoms with Crippen LogP contribution in [0.15, 0.2) is 28.7 Å². The van der Waals surface area contributed by atoms with Crippen molar-refractivity contribution < 1.29 is 20.1 Å². The van der Waals surface area contributed by atoms with Crippen LogP contribution < -0.4 is 0 Å². The van der Waals surface area contributed by atoms with E-state index in [1.165, 1.54) is 0 Å². The van der Waals surface area contributed by atoms with E-state index in [-0.39, 0.29) is 28.8 Å². The van der Waals surface area contributed by atoms with Crippen LogP contribution in [-0.4, -0.2) is 33.3 Å². The Morgan fingerprint density at radius 2 is 1.62 bits per heavy atom. The second-order valence-electron chi connectivity index (χ2n) is 12.6. The summed E-state index contributed by atoms with van der Waals surface area (Å²) in [5.41, 5.74) is 0.877. The molecule has 4 aliphatic rings. The van der Waals surface area contributed by atoms with E-state index in [1.54, 1.807) is 0 Å². The number of carbonyl (C=O) groups is 1. The van der Waals surface area contributed by atoms with Gasteiger partial charge >= 0.3 is 0 Å². The number of fused-ring (bicyclic) bond motifs is 5. The Kier molecular flexibility index (Phi) is 6.58. The number of halogens is 1. The van der Waals surface area contributed by atoms with E-state index in [2.05, 4.69) is 36.7 Å². The summed E-state index contributed by atoms with van der Waals surface area (Å²) >= 11 is 3.44. The molecule has 3 N–H and O–H groups in total. The standard InChI is InChI=1S/C29H41BrO4/c1-16(26(33)27(34)17-4-6-18(30)7-5-17)21-8-9-22-20-15-25(32)24-14-19(31)10-12-29(24,3)23(20)11-13-28(21,22)2/h4-7,16,19-24,26-27,31,33-34H,8-15H2,1-3H3/t16-,19+,20-,21+,22-,23-,24+,26+,27+,28+,29+/m0/s1. The fourth-order valence-electron chi connectivity index (χ4n) is 9.31. The van der Waals surface area contributed by atoms with Gasteiger partial charge in [-0.05, 0) is 103 Å². The molecule has 5 heteroatoms. The van der Waals surface area contributed by atoms with Gasteiger partial charge in [0.15, 0.2) is 0 Å². The van der Waals surface area contributed by atoms with Crippen LogP contribution in [-0.2, 0) is 4.79 Å². The van der Waals surface area contributed by atoms with Gasteiger partial charge in [0.1, 0.15) is 11.9 Å². The Morgan fingerprint density at radius 3 is 2.32 bits per heavy atom. The van der Waals surface area contributed by atoms with E-state index >= 15 is 0 Å². The van der Waals surface area contributed by atoms with Gasteiger partial charge in [-0.25, -0.2) is 0 Å². The second kappa shape index (κ2) is 8.97. The van der Waals surface area contributed by atoms with Crippen molar-refractivity contribution in [2.45, 2.75) is 90.4 Å². The molecule has 188 valence electrons. The van der Waals surface area contributed by atoms with Crippen molar-refractivity contribution in [2.75, 3.05) is 0 Å². The van der Waals surface area contributed by atoms with E-state index in [4.69, 9.17) is 0 Å². The van der Waals surface area contributed by atoms with Gasteiger partial charge in [0.05, 0.1) is 12.2 Å². The number of hydrogen-bond acceptors (Lipinski definition) is 4. The highest BCUT2D eigenvalue weighted by Gasteiger charge is 2.62. The van der Waals surface area contributed by atoms with Crippen LogP contribution in [0.4, 0.5) is 0 Å². The summed E-state index contributed by atoms with van der Waals surface area (Å²) in [6.45, 7) is 6.86. The van der Waals surface area contributed by atoms with Crippen molar-refractivity contribution in [1.29, 1.82) is 0 Å². The van der Waals surface area contributed by atoms with Gasteiger partial charge in [0.2, 0.25) is 0 Å². The van der Waals surface area contributed by atoms with Crippen molar-refractivity contribution in [2.24, 2.45) is 46.3 Å². The maximum Gasteiger partial charge on any atom is 0.136 e. The summed E-state index contributed by atoms with van der Waals surface area (Å²) in [5.74, 6) is 2.23. The van der Waals surface area contributed by atoms with Gasteiger partial charge in [-0.3, -0.25) is 4.79 Å². The molecule has 4 aliphatic carbocycles. The molecule has 1 aromatic rings. The van der Waals surface area contributed by atoms with Crippen LogP contribution in [0.5, 0.6) is 0 Å². The number of benzene rings is 1. The quantitative estimate of drug-likeness (QED) is 0.466. The van der Waals surface area contributed by atoms with Crippen LogP contribution in [0.25, 0.3) is 0 Å². The third-order valence-electron chi connectivity index (χ3n) is 11.2. The van der Waals surface area contributed by atoms with Crippen LogP contribution in [0, 0.1) is 46.3 Å². The minimum absolute atomic E-state index is 0.0161. The van der Waals surface area contributed by atoms with Crippen LogP contribution in [0.3, 0.4) is 0 Å². The lowest BCUT2D eigenvalue weighted by molar-refractivity contribution is -0.161. The molecule has 34 heavy (non-hydrogen) atoms. The van der Waals surface area contributed by atoms with Crippen molar-refractivity contribution >= 4 is 21.7 Å². The summed E-state index contributed by atoms with van der Waals surface area (Å²) in [4.78, 5) is 13.3. The van der Waals surface area contributed by atoms with Crippen LogP contribution in [0.2, 0.25) is 0 Å². The second-order valence-corrected chi connectivity index (χ2v) is 13.5. The number of aliphatic hydroxyl groups is 3. The van der Waals surface area contributed by atoms with Gasteiger partial charge in [-0.1, -0.05) is 48.8 Å². The Labute approximate surface area is 212 Å². The first-order valence-electron chi connectivity index (χ1n) is 13.4. The van der Waals surface area contributed by atoms with E-state index in [1.807, 2.05) is 24.3 Å². The molecular formula is C29H41BrO4. The maximum atomic E-state index is 13.3. The molecule has 5 rings (SSSR count). The Balaban J connectivity index is 1.36. The topological polar surface area (TPSA) is 77.8 Å². The van der Waals surface area contributed by atoms with Gasteiger partial charge in [-0.15, -0.1) is 0 Å². The third kappa shape index (κ3) is 3.84. The molecule has 1 aromatic carbocycles. The van der Waals surface area contributed by atoms with E-state index in [0.717, 1.165) is 48.6 Å². The molecule has 0 amide bonds. The van der Waals surface area contributed by atoms with E-state index < -0.39 is 12.2 Å². The number of Topliss-reactive ketones (excluding diaryl/α,β-unsaturated/α-hetero) is 1. The maximum absolute atomic E-state index is 13.3. The van der Waals surface area contributed by atoms with Crippen LogP contribution in [0.1, 0.15) is 83.8 Å². The molecule has 0 unspecified atom stereocenters. The zero-order chi connectivity index (χ0) is 24.4. The highest BCUT2D eigenvalue weighted by atomic mass is 79.9. The molecule has 0 radical (unpaired) electrons. The molecule has 4 fully saturated rings. The van der Waals surface area contributed by atoms with Gasteiger partial charge < -0.3 is 15.3 Å². The van der Waals surface area contributed by atoms with Crippen molar-refractivity contribution in [3.8, 4) is 0 Å². The highest BCUT2D eigenvalue weighted by molar-refractivity contribution is 9.10. The highest BCUT2D eigenvalue weighted by Crippen LogP contribution is 2.68. The summed E-state index contributed by atoms with van der Waals surface area (Å²) in [5, 5.41) is 32.5. The normalized spacial score (nSPS) is 44.5. The van der Waals surface area contributed by atoms with Gasteiger partial charge in [0.25, 0.3) is 0 Å². The molecular weight excluding hydrogens is 492 g/mol. The fraction of sp³-hybridized carbons (Fsp3) is 0.759. The largest absolute Gasteiger partial charge is 0.393 e. The number of hydrogen-bond donors (Lipinski definition) is 3. The number of aliphatic hydroxyl groups excluding tert-OH is 3. The Bertz CT molecular complexity index is 917. The zero-order valence-electron chi connectivity index (χ0n) is 20.8. The number of carbonyl (C=O) groups excluding carboxylic acids is 1.